The Balaban J connectivity index is 2.46. The number of ether oxygens (including phenoxy) is 2. The molecule has 0 radical (unpaired) electrons. The highest BCUT2D eigenvalue weighted by Crippen LogP contribution is 2.29. The second-order valence-electron chi connectivity index (χ2n) is 7.20. The van der Waals surface area contributed by atoms with E-state index in [4.69, 9.17) is 9.47 Å². The Hall–Kier alpha value is -1.03. The van der Waals surface area contributed by atoms with Crippen molar-refractivity contribution in [2.45, 2.75) is 54.4 Å². The van der Waals surface area contributed by atoms with Crippen LogP contribution >= 0.6 is 15.9 Å². The summed E-state index contributed by atoms with van der Waals surface area (Å²) < 4.78 is 12.3. The molecular weight excluding hydrogens is 356 g/mol. The van der Waals surface area contributed by atoms with E-state index in [2.05, 4.69) is 22.0 Å². The van der Waals surface area contributed by atoms with E-state index in [1.54, 1.807) is 0 Å². The summed E-state index contributed by atoms with van der Waals surface area (Å²) in [5.41, 5.74) is 1.79. The molecule has 3 nitrogen and oxygen atoms in total. The number of carbonyl (C=O) groups excluding carboxylic acids is 1. The van der Waals surface area contributed by atoms with Gasteiger partial charge in [-0.15, -0.1) is 0 Å². The predicted molar refractivity (Wildman–Crippen MR) is 97.9 cm³/mol. The van der Waals surface area contributed by atoms with Gasteiger partial charge in [0, 0.05) is 10.0 Å². The molecule has 0 aliphatic heterocycles. The number of benzene rings is 1. The third-order valence-corrected chi connectivity index (χ3v) is 4.57. The lowest BCUT2D eigenvalue weighted by atomic mass is 9.88. The highest BCUT2D eigenvalue weighted by atomic mass is 79.9. The molecule has 0 unspecified atom stereocenters. The van der Waals surface area contributed by atoms with Crippen LogP contribution in [0.3, 0.4) is 0 Å². The third kappa shape index (κ3) is 6.54. The average molecular weight is 385 g/mol. The van der Waals surface area contributed by atoms with Gasteiger partial charge in [0.15, 0.2) is 0 Å². The zero-order valence-electron chi connectivity index (χ0n) is 15.2. The second kappa shape index (κ2) is 8.72. The Morgan fingerprint density at radius 1 is 1.26 bits per heavy atom. The van der Waals surface area contributed by atoms with E-state index in [0.29, 0.717) is 19.1 Å². The molecule has 0 amide bonds. The average Bonchev–Trinajstić information content (AvgIpc) is 2.45. The standard InChI is InChI=1S/C19H29BrO3/c1-13(2)12-23-18(21)19(5,6)8-7-9-22-17-11-14(3)10-16(20)15(17)4/h10-11,13H,7-9,12H2,1-6H3. The molecule has 0 aliphatic carbocycles. The van der Waals surface area contributed by atoms with Crippen LogP contribution in [0.25, 0.3) is 0 Å². The van der Waals surface area contributed by atoms with Crippen molar-refractivity contribution >= 4 is 21.9 Å². The minimum absolute atomic E-state index is 0.124. The molecule has 1 rings (SSSR count). The van der Waals surface area contributed by atoms with Gasteiger partial charge in [-0.05, 0) is 64.2 Å². The molecule has 0 aliphatic rings. The van der Waals surface area contributed by atoms with Gasteiger partial charge in [-0.2, -0.15) is 0 Å². The number of hydrogen-bond acceptors (Lipinski definition) is 3. The summed E-state index contributed by atoms with van der Waals surface area (Å²) in [5, 5.41) is 0. The minimum atomic E-state index is -0.472. The molecule has 23 heavy (non-hydrogen) atoms. The van der Waals surface area contributed by atoms with Gasteiger partial charge in [-0.3, -0.25) is 4.79 Å². The molecule has 0 atom stereocenters. The van der Waals surface area contributed by atoms with Gasteiger partial charge in [-0.25, -0.2) is 0 Å². The summed E-state index contributed by atoms with van der Waals surface area (Å²) in [6.07, 6.45) is 1.56. The predicted octanol–water partition coefficient (Wildman–Crippen LogP) is 5.45. The molecular formula is C19H29BrO3. The first kappa shape index (κ1) is 20.0. The number of esters is 1. The van der Waals surface area contributed by atoms with Crippen molar-refractivity contribution in [3.05, 3.63) is 27.7 Å². The maximum atomic E-state index is 12.1. The van der Waals surface area contributed by atoms with Crippen molar-refractivity contribution in [1.82, 2.24) is 0 Å². The lowest BCUT2D eigenvalue weighted by molar-refractivity contribution is -0.155. The topological polar surface area (TPSA) is 35.5 Å². The zero-order chi connectivity index (χ0) is 17.6. The van der Waals surface area contributed by atoms with Gasteiger partial charge in [0.1, 0.15) is 5.75 Å². The maximum absolute atomic E-state index is 12.1. The molecule has 0 aromatic heterocycles. The van der Waals surface area contributed by atoms with E-state index in [1.165, 1.54) is 0 Å². The van der Waals surface area contributed by atoms with E-state index in [1.807, 2.05) is 47.6 Å². The first-order chi connectivity index (χ1) is 10.6. The zero-order valence-corrected chi connectivity index (χ0v) is 16.7. The Morgan fingerprint density at radius 3 is 2.52 bits per heavy atom. The number of carbonyl (C=O) groups is 1. The van der Waals surface area contributed by atoms with E-state index in [0.717, 1.165) is 34.2 Å². The van der Waals surface area contributed by atoms with Crippen LogP contribution in [0, 0.1) is 25.2 Å². The fraction of sp³-hybridized carbons (Fsp3) is 0.632. The molecule has 0 heterocycles. The van der Waals surface area contributed by atoms with Crippen molar-refractivity contribution < 1.29 is 14.3 Å². The van der Waals surface area contributed by atoms with Crippen molar-refractivity contribution in [3.8, 4) is 5.75 Å². The van der Waals surface area contributed by atoms with E-state index in [9.17, 15) is 4.79 Å². The van der Waals surface area contributed by atoms with Crippen molar-refractivity contribution in [2.24, 2.45) is 11.3 Å². The lowest BCUT2D eigenvalue weighted by Crippen LogP contribution is -2.28. The highest BCUT2D eigenvalue weighted by Gasteiger charge is 2.29. The van der Waals surface area contributed by atoms with Crippen LogP contribution in [0.5, 0.6) is 5.75 Å². The van der Waals surface area contributed by atoms with Crippen molar-refractivity contribution in [3.63, 3.8) is 0 Å². The molecule has 0 N–H and O–H groups in total. The number of halogens is 1. The van der Waals surface area contributed by atoms with Crippen molar-refractivity contribution in [1.29, 1.82) is 0 Å². The number of hydrogen-bond donors (Lipinski definition) is 0. The van der Waals surface area contributed by atoms with Gasteiger partial charge in [0.05, 0.1) is 18.6 Å². The minimum Gasteiger partial charge on any atom is -0.493 e. The summed E-state index contributed by atoms with van der Waals surface area (Å²) >= 11 is 3.54. The first-order valence-corrected chi connectivity index (χ1v) is 8.99. The molecule has 130 valence electrons. The van der Waals surface area contributed by atoms with Gasteiger partial charge < -0.3 is 9.47 Å². The molecule has 0 saturated heterocycles. The first-order valence-electron chi connectivity index (χ1n) is 8.20. The Kier molecular flexibility index (Phi) is 7.59. The van der Waals surface area contributed by atoms with Crippen LogP contribution in [0.1, 0.15) is 51.7 Å². The van der Waals surface area contributed by atoms with Gasteiger partial charge in [0.25, 0.3) is 0 Å². The van der Waals surface area contributed by atoms with Crippen LogP contribution < -0.4 is 4.74 Å². The van der Waals surface area contributed by atoms with E-state index in [-0.39, 0.29) is 5.97 Å². The second-order valence-corrected chi connectivity index (χ2v) is 8.05. The normalized spacial score (nSPS) is 11.7. The summed E-state index contributed by atoms with van der Waals surface area (Å²) in [7, 11) is 0. The smallest absolute Gasteiger partial charge is 0.311 e. The molecule has 1 aromatic carbocycles. The molecule has 4 heteroatoms. The Morgan fingerprint density at radius 2 is 1.91 bits per heavy atom. The van der Waals surface area contributed by atoms with Gasteiger partial charge in [0.2, 0.25) is 0 Å². The van der Waals surface area contributed by atoms with E-state index >= 15 is 0 Å². The largest absolute Gasteiger partial charge is 0.493 e. The Labute approximate surface area is 148 Å². The molecule has 1 aromatic rings. The molecule has 0 saturated carbocycles. The van der Waals surface area contributed by atoms with Crippen LogP contribution in [0.2, 0.25) is 0 Å². The van der Waals surface area contributed by atoms with Crippen LogP contribution in [0.4, 0.5) is 0 Å². The molecule has 0 fully saturated rings. The highest BCUT2D eigenvalue weighted by molar-refractivity contribution is 9.10. The van der Waals surface area contributed by atoms with E-state index < -0.39 is 5.41 Å². The monoisotopic (exact) mass is 384 g/mol. The van der Waals surface area contributed by atoms with Crippen LogP contribution in [-0.2, 0) is 9.53 Å². The SMILES string of the molecule is Cc1cc(Br)c(C)c(OCCCC(C)(C)C(=O)OCC(C)C)c1. The van der Waals surface area contributed by atoms with Crippen LogP contribution in [-0.4, -0.2) is 19.2 Å². The lowest BCUT2D eigenvalue weighted by Gasteiger charge is -2.23. The number of aryl methyl sites for hydroxylation is 1. The number of rotatable bonds is 8. The van der Waals surface area contributed by atoms with Crippen molar-refractivity contribution in [2.75, 3.05) is 13.2 Å². The Bertz CT molecular complexity index is 536. The third-order valence-electron chi connectivity index (χ3n) is 3.75. The summed E-state index contributed by atoms with van der Waals surface area (Å²) in [4.78, 5) is 12.1. The molecule has 0 spiro atoms. The molecule has 0 bridgehead atoms. The van der Waals surface area contributed by atoms with Crippen LogP contribution in [0.15, 0.2) is 16.6 Å². The quantitative estimate of drug-likeness (QED) is 0.441. The maximum Gasteiger partial charge on any atom is 0.311 e. The summed E-state index contributed by atoms with van der Waals surface area (Å²) in [6, 6.07) is 4.12. The van der Waals surface area contributed by atoms with Gasteiger partial charge >= 0.3 is 5.97 Å². The van der Waals surface area contributed by atoms with Gasteiger partial charge in [-0.1, -0.05) is 29.8 Å². The fourth-order valence-corrected chi connectivity index (χ4v) is 2.72. The summed E-state index contributed by atoms with van der Waals surface area (Å²) in [5.74, 6) is 1.14. The fourth-order valence-electron chi connectivity index (χ4n) is 2.17. The summed E-state index contributed by atoms with van der Waals surface area (Å²) in [6.45, 7) is 13.1.